The highest BCUT2D eigenvalue weighted by Crippen LogP contribution is 2.32. The second-order valence-corrected chi connectivity index (χ2v) is 14.3. The van der Waals surface area contributed by atoms with E-state index in [2.05, 4.69) is 15.3 Å². The lowest BCUT2D eigenvalue weighted by molar-refractivity contribution is -0.133. The number of halogens is 2. The molecule has 1 heterocycles. The summed E-state index contributed by atoms with van der Waals surface area (Å²) in [6, 6.07) is 19.8. The van der Waals surface area contributed by atoms with Crippen LogP contribution in [0.2, 0.25) is 10.0 Å². The number of carbonyl (C=O) groups excluding carboxylic acids is 2. The van der Waals surface area contributed by atoms with Gasteiger partial charge in [0.15, 0.2) is 0 Å². The number of hydrogen-bond acceptors (Lipinski definition) is 7. The molecule has 1 saturated heterocycles. The van der Waals surface area contributed by atoms with Gasteiger partial charge in [0.05, 0.1) is 24.3 Å². The van der Waals surface area contributed by atoms with Crippen molar-refractivity contribution < 1.29 is 18.0 Å². The Kier molecular flexibility index (Phi) is 13.6. The van der Waals surface area contributed by atoms with Crippen molar-refractivity contribution in [1.29, 1.82) is 0 Å². The molecule has 13 heteroatoms. The first kappa shape index (κ1) is 36.4. The Balaban J connectivity index is 1.45. The van der Waals surface area contributed by atoms with E-state index < -0.39 is 22.5 Å². The average molecular weight is 702 g/mol. The highest BCUT2D eigenvalue weighted by molar-refractivity contribution is 7.89. The van der Waals surface area contributed by atoms with Gasteiger partial charge in [-0.15, -0.1) is 0 Å². The number of benzene rings is 3. The van der Waals surface area contributed by atoms with Crippen molar-refractivity contribution in [2.45, 2.75) is 44.0 Å². The van der Waals surface area contributed by atoms with Crippen LogP contribution in [0.5, 0.6) is 0 Å². The minimum absolute atomic E-state index is 0.00529. The van der Waals surface area contributed by atoms with E-state index in [4.69, 9.17) is 29.0 Å². The fraction of sp³-hybridized carbons (Fsp3) is 0.382. The van der Waals surface area contributed by atoms with Gasteiger partial charge >= 0.3 is 0 Å². The molecule has 0 unspecified atom stereocenters. The zero-order valence-electron chi connectivity index (χ0n) is 26.6. The zero-order chi connectivity index (χ0) is 33.8. The summed E-state index contributed by atoms with van der Waals surface area (Å²) in [5.41, 5.74) is 3.11. The van der Waals surface area contributed by atoms with Gasteiger partial charge in [0, 0.05) is 24.7 Å². The second kappa shape index (κ2) is 17.6. The van der Waals surface area contributed by atoms with E-state index in [1.165, 1.54) is 25.0 Å². The molecule has 1 aliphatic rings. The number of hydrazone groups is 1. The lowest BCUT2D eigenvalue weighted by atomic mass is 10.1. The van der Waals surface area contributed by atoms with E-state index in [0.29, 0.717) is 30.1 Å². The summed E-state index contributed by atoms with van der Waals surface area (Å²) in [5.74, 6) is 4.40. The molecule has 10 nitrogen and oxygen atoms in total. The second-order valence-electron chi connectivity index (χ2n) is 11.6. The molecule has 1 fully saturated rings. The summed E-state index contributed by atoms with van der Waals surface area (Å²) in [4.78, 5) is 30.7. The van der Waals surface area contributed by atoms with Crippen LogP contribution in [0.1, 0.15) is 41.5 Å². The number of amides is 2. The number of nitrogens with zero attached hydrogens (tertiary/aromatic N) is 4. The molecule has 0 aliphatic carbocycles. The Morgan fingerprint density at radius 3 is 2.36 bits per heavy atom. The number of sulfonamides is 1. The van der Waals surface area contributed by atoms with Gasteiger partial charge in [0.1, 0.15) is 4.90 Å². The van der Waals surface area contributed by atoms with Crippen LogP contribution in [0.25, 0.3) is 0 Å². The molecule has 4 rings (SSSR count). The van der Waals surface area contributed by atoms with Gasteiger partial charge in [0.25, 0.3) is 0 Å². The van der Waals surface area contributed by atoms with Gasteiger partial charge in [-0.2, -0.15) is 9.41 Å². The monoisotopic (exact) mass is 700 g/mol. The lowest BCUT2D eigenvalue weighted by Crippen LogP contribution is -2.45. The summed E-state index contributed by atoms with van der Waals surface area (Å²) in [6.07, 6.45) is 5.09. The number of rotatable bonds is 16. The quantitative estimate of drug-likeness (QED) is 0.129. The SMILES string of the molecule is Cc1c(Cl)ccc(S(=O)(=O)N(CCc2ccccc2)CC(=O)NCC(=O)N(CCCN2CCCC2)Cc2ccc(C=NN)cc2)c1Cl. The van der Waals surface area contributed by atoms with Crippen LogP contribution in [0.15, 0.2) is 76.7 Å². The van der Waals surface area contributed by atoms with Gasteiger partial charge in [-0.05, 0) is 86.6 Å². The predicted molar refractivity (Wildman–Crippen MR) is 187 cm³/mol. The molecule has 0 bridgehead atoms. The molecular formula is C34H42Cl2N6O4S. The number of hydrogen-bond donors (Lipinski definition) is 2. The van der Waals surface area contributed by atoms with Gasteiger partial charge in [-0.25, -0.2) is 8.42 Å². The normalized spacial score (nSPS) is 13.8. The fourth-order valence-electron chi connectivity index (χ4n) is 5.46. The molecule has 3 aromatic rings. The van der Waals surface area contributed by atoms with Gasteiger partial charge < -0.3 is 21.0 Å². The first-order valence-electron chi connectivity index (χ1n) is 15.7. The minimum atomic E-state index is -4.19. The number of nitrogens with one attached hydrogen (secondary N) is 1. The Labute approximate surface area is 287 Å². The van der Waals surface area contributed by atoms with E-state index >= 15 is 0 Å². The Bertz CT molecular complexity index is 1630. The molecule has 0 saturated carbocycles. The molecule has 3 aromatic carbocycles. The fourth-order valence-corrected chi connectivity index (χ4v) is 7.64. The van der Waals surface area contributed by atoms with E-state index in [1.807, 2.05) is 54.6 Å². The average Bonchev–Trinajstić information content (AvgIpc) is 3.59. The van der Waals surface area contributed by atoms with E-state index in [-0.39, 0.29) is 28.9 Å². The summed E-state index contributed by atoms with van der Waals surface area (Å²) < 4.78 is 28.8. The van der Waals surface area contributed by atoms with E-state index in [9.17, 15) is 18.0 Å². The zero-order valence-corrected chi connectivity index (χ0v) is 28.9. The van der Waals surface area contributed by atoms with Crippen molar-refractivity contribution in [2.24, 2.45) is 10.9 Å². The highest BCUT2D eigenvalue weighted by Gasteiger charge is 2.30. The van der Waals surface area contributed by atoms with Gasteiger partial charge in [-0.3, -0.25) is 9.59 Å². The van der Waals surface area contributed by atoms with Crippen LogP contribution in [0, 0.1) is 6.92 Å². The van der Waals surface area contributed by atoms with Crippen molar-refractivity contribution in [3.63, 3.8) is 0 Å². The molecule has 252 valence electrons. The summed E-state index contributed by atoms with van der Waals surface area (Å²) in [6.45, 7) is 4.81. The molecule has 2 amide bonds. The molecular weight excluding hydrogens is 659 g/mol. The molecule has 0 aromatic heterocycles. The third-order valence-corrected chi connectivity index (χ3v) is 11.1. The van der Waals surface area contributed by atoms with Crippen LogP contribution in [0.3, 0.4) is 0 Å². The number of nitrogens with two attached hydrogens (primary N) is 1. The van der Waals surface area contributed by atoms with Crippen molar-refractivity contribution >= 4 is 51.3 Å². The molecule has 47 heavy (non-hydrogen) atoms. The first-order chi connectivity index (χ1) is 22.6. The standard InChI is InChI=1S/C34H42Cl2N6O4S/c1-26-30(35)14-15-31(34(26)36)47(45,46)42(21-16-27-8-3-2-4-9-27)25-32(43)38-23-33(44)41(20-7-19-40-17-5-6-18-40)24-29-12-10-28(11-13-29)22-39-37/h2-4,8-15,22H,5-7,16-21,23-25,37H2,1H3,(H,38,43). The summed E-state index contributed by atoms with van der Waals surface area (Å²) in [5, 5.41) is 6.55. The predicted octanol–water partition coefficient (Wildman–Crippen LogP) is 4.46. The number of carbonyl (C=O) groups is 2. The lowest BCUT2D eigenvalue weighted by Gasteiger charge is -2.25. The van der Waals surface area contributed by atoms with Crippen LogP contribution < -0.4 is 11.2 Å². The van der Waals surface area contributed by atoms with Gasteiger partial charge in [0.2, 0.25) is 21.8 Å². The summed E-state index contributed by atoms with van der Waals surface area (Å²) >= 11 is 12.6. The van der Waals surface area contributed by atoms with Crippen molar-refractivity contribution in [1.82, 2.24) is 19.4 Å². The van der Waals surface area contributed by atoms with Crippen molar-refractivity contribution in [3.05, 3.63) is 99.0 Å². The smallest absolute Gasteiger partial charge is 0.245 e. The van der Waals surface area contributed by atoms with Crippen molar-refractivity contribution in [3.8, 4) is 0 Å². The maximum atomic E-state index is 13.8. The molecule has 1 aliphatic heterocycles. The maximum absolute atomic E-state index is 13.8. The summed E-state index contributed by atoms with van der Waals surface area (Å²) in [7, 11) is -4.19. The molecule has 0 radical (unpaired) electrons. The molecule has 0 spiro atoms. The minimum Gasteiger partial charge on any atom is -0.346 e. The van der Waals surface area contributed by atoms with Crippen molar-refractivity contribution in [2.75, 3.05) is 45.8 Å². The Hall–Kier alpha value is -3.48. The van der Waals surface area contributed by atoms with Gasteiger partial charge in [-0.1, -0.05) is 77.8 Å². The molecule has 3 N–H and O–H groups in total. The Morgan fingerprint density at radius 2 is 1.68 bits per heavy atom. The third kappa shape index (κ3) is 10.5. The van der Waals surface area contributed by atoms with Crippen LogP contribution in [-0.4, -0.2) is 86.4 Å². The third-order valence-electron chi connectivity index (χ3n) is 8.18. The van der Waals surface area contributed by atoms with Crippen LogP contribution >= 0.6 is 23.2 Å². The highest BCUT2D eigenvalue weighted by atomic mass is 35.5. The number of likely N-dealkylation sites (tertiary alicyclic amines) is 1. The largest absolute Gasteiger partial charge is 0.346 e. The van der Waals surface area contributed by atoms with Crippen LogP contribution in [0.4, 0.5) is 0 Å². The first-order valence-corrected chi connectivity index (χ1v) is 17.9. The topological polar surface area (TPSA) is 128 Å². The van der Waals surface area contributed by atoms with E-state index in [0.717, 1.165) is 47.1 Å². The maximum Gasteiger partial charge on any atom is 0.245 e. The van der Waals surface area contributed by atoms with Crippen LogP contribution in [-0.2, 0) is 32.6 Å². The van der Waals surface area contributed by atoms with E-state index in [1.54, 1.807) is 18.0 Å². The molecule has 0 atom stereocenters. The Morgan fingerprint density at radius 1 is 0.979 bits per heavy atom.